The number of hydrogen-bond acceptors (Lipinski definition) is 2. The molecular formula is C15H12ClN3O. The quantitative estimate of drug-likeness (QED) is 0.783. The predicted octanol–water partition coefficient (Wildman–Crippen LogP) is 3.49. The van der Waals surface area contributed by atoms with Gasteiger partial charge in [0, 0.05) is 12.6 Å². The van der Waals surface area contributed by atoms with Crippen LogP contribution in [0.4, 0.5) is 5.69 Å². The van der Waals surface area contributed by atoms with Gasteiger partial charge in [-0.05, 0) is 30.3 Å². The third-order valence-corrected chi connectivity index (χ3v) is 3.51. The van der Waals surface area contributed by atoms with Crippen molar-refractivity contribution in [2.24, 2.45) is 0 Å². The molecule has 100 valence electrons. The van der Waals surface area contributed by atoms with Gasteiger partial charge < -0.3 is 9.88 Å². The molecule has 0 unspecified atom stereocenters. The van der Waals surface area contributed by atoms with E-state index in [0.717, 1.165) is 11.0 Å². The van der Waals surface area contributed by atoms with Gasteiger partial charge in [-0.15, -0.1) is 0 Å². The first-order valence-corrected chi connectivity index (χ1v) is 6.50. The average molecular weight is 286 g/mol. The molecule has 3 rings (SSSR count). The normalized spacial score (nSPS) is 10.7. The molecule has 1 aromatic heterocycles. The van der Waals surface area contributed by atoms with Gasteiger partial charge in [0.05, 0.1) is 28.1 Å². The lowest BCUT2D eigenvalue weighted by Gasteiger charge is -2.18. The Morgan fingerprint density at radius 2 is 2.05 bits per heavy atom. The van der Waals surface area contributed by atoms with E-state index in [9.17, 15) is 4.79 Å². The Bertz CT molecular complexity index is 781. The van der Waals surface area contributed by atoms with E-state index in [1.54, 1.807) is 36.5 Å². The lowest BCUT2D eigenvalue weighted by Crippen LogP contribution is -2.26. The zero-order valence-corrected chi connectivity index (χ0v) is 11.6. The summed E-state index contributed by atoms with van der Waals surface area (Å²) in [5.74, 6) is -0.116. The minimum atomic E-state index is -0.116. The van der Waals surface area contributed by atoms with E-state index < -0.39 is 0 Å². The van der Waals surface area contributed by atoms with E-state index in [4.69, 9.17) is 11.6 Å². The van der Waals surface area contributed by atoms with E-state index >= 15 is 0 Å². The van der Waals surface area contributed by atoms with E-state index in [0.29, 0.717) is 16.3 Å². The van der Waals surface area contributed by atoms with Crippen LogP contribution in [0.25, 0.3) is 11.0 Å². The Morgan fingerprint density at radius 3 is 2.85 bits per heavy atom. The zero-order chi connectivity index (χ0) is 14.1. The number of H-pyrrole nitrogens is 1. The molecule has 1 amide bonds. The maximum atomic E-state index is 12.5. The molecule has 5 heteroatoms. The van der Waals surface area contributed by atoms with Crippen molar-refractivity contribution in [3.63, 3.8) is 0 Å². The van der Waals surface area contributed by atoms with Crippen molar-refractivity contribution in [2.75, 3.05) is 11.9 Å². The molecule has 0 atom stereocenters. The molecule has 0 saturated carbocycles. The molecule has 0 radical (unpaired) electrons. The number of rotatable bonds is 2. The number of aromatic amines is 1. The summed E-state index contributed by atoms with van der Waals surface area (Å²) in [5, 5.41) is 0.547. The molecule has 0 saturated heterocycles. The smallest absolute Gasteiger partial charge is 0.258 e. The summed E-state index contributed by atoms with van der Waals surface area (Å²) >= 11 is 6.12. The number of benzene rings is 2. The number of nitrogens with zero attached hydrogens (tertiary/aromatic N) is 2. The third-order valence-electron chi connectivity index (χ3n) is 3.19. The molecule has 1 heterocycles. The number of hydrogen-bond donors (Lipinski definition) is 1. The molecule has 0 aliphatic rings. The summed E-state index contributed by atoms with van der Waals surface area (Å²) < 4.78 is 0. The van der Waals surface area contributed by atoms with Crippen LogP contribution < -0.4 is 4.90 Å². The average Bonchev–Trinajstić information content (AvgIpc) is 2.93. The molecule has 0 aliphatic heterocycles. The van der Waals surface area contributed by atoms with Crippen LogP contribution in [0.15, 0.2) is 48.8 Å². The maximum Gasteiger partial charge on any atom is 0.258 e. The molecule has 3 aromatic rings. The fourth-order valence-electron chi connectivity index (χ4n) is 2.10. The van der Waals surface area contributed by atoms with Crippen molar-refractivity contribution in [1.82, 2.24) is 9.97 Å². The number of para-hydroxylation sites is 1. The summed E-state index contributed by atoms with van der Waals surface area (Å²) in [6, 6.07) is 12.6. The van der Waals surface area contributed by atoms with E-state index in [2.05, 4.69) is 9.97 Å². The van der Waals surface area contributed by atoms with Crippen LogP contribution in [0.2, 0.25) is 5.02 Å². The van der Waals surface area contributed by atoms with Gasteiger partial charge in [-0.25, -0.2) is 4.98 Å². The summed E-state index contributed by atoms with van der Waals surface area (Å²) in [6.07, 6.45) is 1.61. The largest absolute Gasteiger partial charge is 0.345 e. The van der Waals surface area contributed by atoms with E-state index in [1.807, 2.05) is 24.3 Å². The second-order valence-electron chi connectivity index (χ2n) is 4.45. The van der Waals surface area contributed by atoms with E-state index in [1.165, 1.54) is 0 Å². The highest BCUT2D eigenvalue weighted by Gasteiger charge is 2.16. The molecule has 4 nitrogen and oxygen atoms in total. The second-order valence-corrected chi connectivity index (χ2v) is 4.86. The number of halogens is 1. The predicted molar refractivity (Wildman–Crippen MR) is 80.3 cm³/mol. The van der Waals surface area contributed by atoms with Crippen LogP contribution in [0.3, 0.4) is 0 Å². The van der Waals surface area contributed by atoms with Crippen LogP contribution in [-0.4, -0.2) is 22.9 Å². The van der Waals surface area contributed by atoms with Gasteiger partial charge in [0.15, 0.2) is 0 Å². The van der Waals surface area contributed by atoms with Crippen molar-refractivity contribution < 1.29 is 4.79 Å². The minimum Gasteiger partial charge on any atom is -0.345 e. The van der Waals surface area contributed by atoms with Gasteiger partial charge in [0.2, 0.25) is 0 Å². The lowest BCUT2D eigenvalue weighted by atomic mass is 10.1. The second kappa shape index (κ2) is 4.98. The van der Waals surface area contributed by atoms with Gasteiger partial charge in [-0.2, -0.15) is 0 Å². The zero-order valence-electron chi connectivity index (χ0n) is 10.8. The van der Waals surface area contributed by atoms with Crippen LogP contribution in [0, 0.1) is 0 Å². The van der Waals surface area contributed by atoms with Gasteiger partial charge in [0.25, 0.3) is 5.91 Å². The summed E-state index contributed by atoms with van der Waals surface area (Å²) in [4.78, 5) is 21.2. The van der Waals surface area contributed by atoms with Gasteiger partial charge in [-0.3, -0.25) is 4.79 Å². The summed E-state index contributed by atoms with van der Waals surface area (Å²) in [5.41, 5.74) is 2.94. The van der Waals surface area contributed by atoms with Crippen molar-refractivity contribution in [3.8, 4) is 0 Å². The Kier molecular flexibility index (Phi) is 3.16. The van der Waals surface area contributed by atoms with Gasteiger partial charge >= 0.3 is 0 Å². The highest BCUT2D eigenvalue weighted by molar-refractivity contribution is 6.34. The topological polar surface area (TPSA) is 49.0 Å². The van der Waals surface area contributed by atoms with E-state index in [-0.39, 0.29) is 5.91 Å². The van der Waals surface area contributed by atoms with Crippen LogP contribution in [0.1, 0.15) is 10.4 Å². The van der Waals surface area contributed by atoms with Crippen molar-refractivity contribution in [2.45, 2.75) is 0 Å². The SMILES string of the molecule is CN(C(=O)c1ccc2nc[nH]c2c1)c1ccccc1Cl. The number of anilines is 1. The fourth-order valence-corrected chi connectivity index (χ4v) is 2.36. The Labute approximate surface area is 121 Å². The Balaban J connectivity index is 1.97. The maximum absolute atomic E-state index is 12.5. The highest BCUT2D eigenvalue weighted by atomic mass is 35.5. The van der Waals surface area contributed by atoms with Crippen LogP contribution in [-0.2, 0) is 0 Å². The van der Waals surface area contributed by atoms with Crippen LogP contribution in [0.5, 0.6) is 0 Å². The first-order chi connectivity index (χ1) is 9.66. The number of carbonyl (C=O) groups excluding carboxylic acids is 1. The monoisotopic (exact) mass is 285 g/mol. The third kappa shape index (κ3) is 2.14. The standard InChI is InChI=1S/C15H12ClN3O/c1-19(14-5-3-2-4-11(14)16)15(20)10-6-7-12-13(8-10)18-9-17-12/h2-9H,1H3,(H,17,18). The van der Waals surface area contributed by atoms with Crippen molar-refractivity contribution in [1.29, 1.82) is 0 Å². The Hall–Kier alpha value is -2.33. The first kappa shape index (κ1) is 12.7. The molecule has 0 bridgehead atoms. The first-order valence-electron chi connectivity index (χ1n) is 6.12. The summed E-state index contributed by atoms with van der Waals surface area (Å²) in [7, 11) is 1.71. The molecule has 1 N–H and O–H groups in total. The number of carbonyl (C=O) groups is 1. The van der Waals surface area contributed by atoms with Crippen molar-refractivity contribution in [3.05, 3.63) is 59.4 Å². The number of imidazole rings is 1. The van der Waals surface area contributed by atoms with Gasteiger partial charge in [0.1, 0.15) is 0 Å². The molecule has 0 spiro atoms. The van der Waals surface area contributed by atoms with Crippen LogP contribution >= 0.6 is 11.6 Å². The number of nitrogens with one attached hydrogen (secondary N) is 1. The fraction of sp³-hybridized carbons (Fsp3) is 0.0667. The Morgan fingerprint density at radius 1 is 1.25 bits per heavy atom. The minimum absolute atomic E-state index is 0.116. The van der Waals surface area contributed by atoms with Gasteiger partial charge in [-0.1, -0.05) is 23.7 Å². The van der Waals surface area contributed by atoms with Crippen molar-refractivity contribution >= 4 is 34.2 Å². The summed E-state index contributed by atoms with van der Waals surface area (Å²) in [6.45, 7) is 0. The lowest BCUT2D eigenvalue weighted by molar-refractivity contribution is 0.0993. The molecule has 20 heavy (non-hydrogen) atoms. The molecule has 0 fully saturated rings. The molecule has 2 aromatic carbocycles. The number of amides is 1. The molecule has 0 aliphatic carbocycles. The number of aromatic nitrogens is 2. The molecular weight excluding hydrogens is 274 g/mol. The highest BCUT2D eigenvalue weighted by Crippen LogP contribution is 2.25. The number of fused-ring (bicyclic) bond motifs is 1.